The van der Waals surface area contributed by atoms with Crippen LogP contribution in [0, 0.1) is 22.0 Å². The molecule has 2 saturated carbocycles. The fraction of sp³-hybridized carbons (Fsp3) is 0.538. The highest BCUT2D eigenvalue weighted by Crippen LogP contribution is 2.45. The van der Waals surface area contributed by atoms with E-state index in [2.05, 4.69) is 10.3 Å². The lowest BCUT2D eigenvalue weighted by Gasteiger charge is -2.18. The Hall–Kier alpha value is -2.18. The van der Waals surface area contributed by atoms with Gasteiger partial charge < -0.3 is 10.4 Å². The van der Waals surface area contributed by atoms with Gasteiger partial charge in [0.15, 0.2) is 0 Å². The van der Waals surface area contributed by atoms with E-state index < -0.39 is 16.6 Å². The van der Waals surface area contributed by atoms with Crippen molar-refractivity contribution < 1.29 is 14.8 Å². The first-order chi connectivity index (χ1) is 9.56. The van der Waals surface area contributed by atoms with Crippen molar-refractivity contribution in [3.63, 3.8) is 0 Å². The van der Waals surface area contributed by atoms with E-state index in [1.165, 1.54) is 31.7 Å². The Morgan fingerprint density at radius 2 is 2.00 bits per heavy atom. The molecule has 1 aromatic rings. The van der Waals surface area contributed by atoms with Crippen molar-refractivity contribution >= 4 is 17.5 Å². The summed E-state index contributed by atoms with van der Waals surface area (Å²) < 4.78 is 0. The smallest absolute Gasteiger partial charge is 0.342 e. The van der Waals surface area contributed by atoms with Crippen molar-refractivity contribution in [3.05, 3.63) is 27.9 Å². The van der Waals surface area contributed by atoms with Gasteiger partial charge in [-0.2, -0.15) is 0 Å². The summed E-state index contributed by atoms with van der Waals surface area (Å²) >= 11 is 0. The summed E-state index contributed by atoms with van der Waals surface area (Å²) in [6.07, 6.45) is 5.77. The minimum absolute atomic E-state index is 0.321. The van der Waals surface area contributed by atoms with Crippen LogP contribution in [-0.4, -0.2) is 27.0 Å². The van der Waals surface area contributed by atoms with E-state index in [-0.39, 0.29) is 5.56 Å². The summed E-state index contributed by atoms with van der Waals surface area (Å²) in [5, 5.41) is 23.1. The summed E-state index contributed by atoms with van der Waals surface area (Å²) in [5.41, 5.74) is -0.796. The van der Waals surface area contributed by atoms with Crippen molar-refractivity contribution in [2.45, 2.75) is 31.7 Å². The first-order valence-corrected chi connectivity index (χ1v) is 6.70. The van der Waals surface area contributed by atoms with Crippen LogP contribution in [-0.2, 0) is 0 Å². The second kappa shape index (κ2) is 4.73. The first-order valence-electron chi connectivity index (χ1n) is 6.70. The normalized spacial score (nSPS) is 18.1. The summed E-state index contributed by atoms with van der Waals surface area (Å²) in [7, 11) is 0. The maximum Gasteiger partial charge on any atom is 0.342 e. The Kier molecular flexibility index (Phi) is 3.04. The molecule has 106 valence electrons. The predicted molar refractivity (Wildman–Crippen MR) is 70.7 cm³/mol. The van der Waals surface area contributed by atoms with Gasteiger partial charge >= 0.3 is 11.7 Å². The molecule has 0 aliphatic heterocycles. The van der Waals surface area contributed by atoms with E-state index in [4.69, 9.17) is 5.11 Å². The fourth-order valence-corrected chi connectivity index (χ4v) is 2.55. The highest BCUT2D eigenvalue weighted by atomic mass is 16.6. The maximum atomic E-state index is 11.1. The van der Waals surface area contributed by atoms with E-state index in [0.29, 0.717) is 23.7 Å². The SMILES string of the molecule is O=C(O)c1cc(NC(C2CC2)C2CC2)ncc1[N+](=O)[O-]. The van der Waals surface area contributed by atoms with Crippen LogP contribution in [0.3, 0.4) is 0 Å². The molecule has 0 radical (unpaired) electrons. The number of nitrogens with zero attached hydrogens (tertiary/aromatic N) is 2. The number of rotatable bonds is 6. The van der Waals surface area contributed by atoms with E-state index >= 15 is 0 Å². The standard InChI is InChI=1S/C13H15N3O4/c17-13(18)9-5-11(14-6-10(9)16(19)20)15-12(7-1-2-7)8-3-4-8/h5-8,12H,1-4H2,(H,14,15)(H,17,18). The zero-order chi connectivity index (χ0) is 14.3. The minimum Gasteiger partial charge on any atom is -0.477 e. The van der Waals surface area contributed by atoms with Crippen molar-refractivity contribution in [3.8, 4) is 0 Å². The molecule has 2 N–H and O–H groups in total. The minimum atomic E-state index is -1.31. The molecule has 0 amide bonds. The molecule has 2 aliphatic carbocycles. The number of anilines is 1. The third kappa shape index (κ3) is 2.56. The number of nitro groups is 1. The lowest BCUT2D eigenvalue weighted by atomic mass is 10.1. The Labute approximate surface area is 115 Å². The third-order valence-electron chi connectivity index (χ3n) is 3.88. The van der Waals surface area contributed by atoms with Gasteiger partial charge in [-0.3, -0.25) is 10.1 Å². The molecule has 3 rings (SSSR count). The number of aromatic nitrogens is 1. The summed E-state index contributed by atoms with van der Waals surface area (Å²) in [5.74, 6) is 0.369. The van der Waals surface area contributed by atoms with Gasteiger partial charge in [0.2, 0.25) is 0 Å². The van der Waals surface area contributed by atoms with Crippen molar-refractivity contribution in [1.82, 2.24) is 4.98 Å². The highest BCUT2D eigenvalue weighted by Gasteiger charge is 2.41. The second-order valence-corrected chi connectivity index (χ2v) is 5.49. The number of aromatic carboxylic acids is 1. The Bertz CT molecular complexity index is 555. The molecule has 0 atom stereocenters. The number of hydrogen-bond acceptors (Lipinski definition) is 5. The molecular formula is C13H15N3O4. The van der Waals surface area contributed by atoms with Crippen LogP contribution in [0.2, 0.25) is 0 Å². The van der Waals surface area contributed by atoms with E-state index in [0.717, 1.165) is 6.20 Å². The predicted octanol–water partition coefficient (Wildman–Crippen LogP) is 2.29. The van der Waals surface area contributed by atoms with Crippen LogP contribution < -0.4 is 5.32 Å². The van der Waals surface area contributed by atoms with E-state index in [1.54, 1.807) is 0 Å². The fourth-order valence-electron chi connectivity index (χ4n) is 2.55. The van der Waals surface area contributed by atoms with Gasteiger partial charge in [-0.1, -0.05) is 0 Å². The number of hydrogen-bond donors (Lipinski definition) is 2. The maximum absolute atomic E-state index is 11.1. The summed E-state index contributed by atoms with van der Waals surface area (Å²) in [6, 6.07) is 1.59. The Balaban J connectivity index is 1.84. The van der Waals surface area contributed by atoms with Crippen LogP contribution in [0.15, 0.2) is 12.3 Å². The van der Waals surface area contributed by atoms with Gasteiger partial charge in [0.25, 0.3) is 0 Å². The molecule has 0 saturated heterocycles. The van der Waals surface area contributed by atoms with Crippen LogP contribution in [0.1, 0.15) is 36.0 Å². The molecule has 7 heteroatoms. The highest BCUT2D eigenvalue weighted by molar-refractivity contribution is 5.93. The third-order valence-corrected chi connectivity index (χ3v) is 3.88. The number of carboxylic acids is 1. The lowest BCUT2D eigenvalue weighted by molar-refractivity contribution is -0.385. The summed E-state index contributed by atoms with van der Waals surface area (Å²) in [4.78, 5) is 25.1. The molecule has 0 unspecified atom stereocenters. The van der Waals surface area contributed by atoms with Crippen molar-refractivity contribution in [2.24, 2.45) is 11.8 Å². The second-order valence-electron chi connectivity index (χ2n) is 5.49. The monoisotopic (exact) mass is 277 g/mol. The van der Waals surface area contributed by atoms with Gasteiger partial charge in [-0.05, 0) is 37.5 Å². The van der Waals surface area contributed by atoms with Crippen LogP contribution >= 0.6 is 0 Å². The Morgan fingerprint density at radius 1 is 1.40 bits per heavy atom. The van der Waals surface area contributed by atoms with E-state index in [9.17, 15) is 14.9 Å². The number of carbonyl (C=O) groups is 1. The van der Waals surface area contributed by atoms with Gasteiger partial charge in [0.1, 0.15) is 17.6 Å². The van der Waals surface area contributed by atoms with E-state index in [1.807, 2.05) is 0 Å². The molecule has 7 nitrogen and oxygen atoms in total. The molecule has 0 spiro atoms. The molecule has 0 bridgehead atoms. The van der Waals surface area contributed by atoms with Crippen molar-refractivity contribution in [1.29, 1.82) is 0 Å². The first kappa shape index (κ1) is 12.8. The topological polar surface area (TPSA) is 105 Å². The van der Waals surface area contributed by atoms with Gasteiger partial charge in [-0.15, -0.1) is 0 Å². The lowest BCUT2D eigenvalue weighted by Crippen LogP contribution is -2.25. The largest absolute Gasteiger partial charge is 0.477 e. The molecule has 20 heavy (non-hydrogen) atoms. The molecule has 1 heterocycles. The average Bonchev–Trinajstić information content (AvgIpc) is 3.28. The van der Waals surface area contributed by atoms with Gasteiger partial charge in [0.05, 0.1) is 4.92 Å². The molecule has 0 aromatic carbocycles. The molecular weight excluding hydrogens is 262 g/mol. The zero-order valence-electron chi connectivity index (χ0n) is 10.8. The number of carboxylic acid groups (broad SMARTS) is 1. The van der Waals surface area contributed by atoms with Crippen LogP contribution in [0.25, 0.3) is 0 Å². The van der Waals surface area contributed by atoms with Gasteiger partial charge in [-0.25, -0.2) is 9.78 Å². The quantitative estimate of drug-likeness (QED) is 0.610. The number of nitrogens with one attached hydrogen (secondary N) is 1. The zero-order valence-corrected chi connectivity index (χ0v) is 10.8. The molecule has 1 aromatic heterocycles. The van der Waals surface area contributed by atoms with Crippen LogP contribution in [0.4, 0.5) is 11.5 Å². The summed E-state index contributed by atoms with van der Waals surface area (Å²) in [6.45, 7) is 0. The average molecular weight is 277 g/mol. The molecule has 2 fully saturated rings. The van der Waals surface area contributed by atoms with Gasteiger partial charge in [0, 0.05) is 12.1 Å². The number of pyridine rings is 1. The Morgan fingerprint density at radius 3 is 2.45 bits per heavy atom. The van der Waals surface area contributed by atoms with Crippen molar-refractivity contribution in [2.75, 3.05) is 5.32 Å². The molecule has 2 aliphatic rings. The van der Waals surface area contributed by atoms with Crippen LogP contribution in [0.5, 0.6) is 0 Å².